The van der Waals surface area contributed by atoms with Crippen LogP contribution < -0.4 is 0 Å². The molecule has 0 aromatic heterocycles. The van der Waals surface area contributed by atoms with Gasteiger partial charge in [-0.25, -0.2) is 4.21 Å². The topological polar surface area (TPSA) is 38.7 Å². The van der Waals surface area contributed by atoms with E-state index in [9.17, 15) is 4.21 Å². The Morgan fingerprint density at radius 2 is 2.00 bits per heavy atom. The van der Waals surface area contributed by atoms with Crippen LogP contribution in [-0.4, -0.2) is 22.0 Å². The summed E-state index contributed by atoms with van der Waals surface area (Å²) in [5.41, 5.74) is 0. The average molecular weight is 233 g/mol. The Kier molecular flexibility index (Phi) is 6.10. The minimum absolute atomic E-state index is 0.242. The second-order valence-corrected chi connectivity index (χ2v) is 6.59. The van der Waals surface area contributed by atoms with Crippen molar-refractivity contribution < 1.29 is 8.95 Å². The van der Waals surface area contributed by atoms with E-state index >= 15 is 0 Å². The Morgan fingerprint density at radius 1 is 1.47 bits per heavy atom. The third-order valence-electron chi connectivity index (χ3n) is 2.05. The van der Waals surface area contributed by atoms with Crippen molar-refractivity contribution in [2.75, 3.05) is 7.11 Å². The van der Waals surface area contributed by atoms with Crippen molar-refractivity contribution in [3.8, 4) is 0 Å². The predicted molar refractivity (Wildman–Crippen MR) is 66.4 cm³/mol. The molecule has 0 amide bonds. The van der Waals surface area contributed by atoms with Crippen molar-refractivity contribution >= 4 is 16.9 Å². The quantitative estimate of drug-likeness (QED) is 0.553. The minimum Gasteiger partial charge on any atom is -0.483 e. The number of hydrogen-bond donors (Lipinski definition) is 0. The molecule has 0 fully saturated rings. The summed E-state index contributed by atoms with van der Waals surface area (Å²) < 4.78 is 20.8. The molecule has 15 heavy (non-hydrogen) atoms. The highest BCUT2D eigenvalue weighted by atomic mass is 32.2. The fraction of sp³-hybridized carbons (Fsp3) is 0.909. The monoisotopic (exact) mass is 233 g/mol. The van der Waals surface area contributed by atoms with E-state index in [1.165, 1.54) is 0 Å². The molecule has 0 aromatic rings. The molecule has 0 aliphatic rings. The Balaban J connectivity index is 4.66. The van der Waals surface area contributed by atoms with Gasteiger partial charge in [0.05, 0.1) is 11.9 Å². The molecule has 0 aliphatic heterocycles. The molecular formula is C11H23NO2S. The molecule has 0 bridgehead atoms. The van der Waals surface area contributed by atoms with E-state index < -0.39 is 11.0 Å². The van der Waals surface area contributed by atoms with Gasteiger partial charge in [-0.15, -0.1) is 0 Å². The van der Waals surface area contributed by atoms with Gasteiger partial charge in [0.25, 0.3) is 0 Å². The van der Waals surface area contributed by atoms with E-state index in [0.717, 1.165) is 12.8 Å². The first kappa shape index (κ1) is 14.6. The summed E-state index contributed by atoms with van der Waals surface area (Å²) in [7, 11) is 0.360. The zero-order valence-corrected chi connectivity index (χ0v) is 11.5. The average Bonchev–Trinajstić information content (AvgIpc) is 2.12. The highest BCUT2D eigenvalue weighted by Gasteiger charge is 2.21. The van der Waals surface area contributed by atoms with Crippen LogP contribution in [0, 0.1) is 5.92 Å². The smallest absolute Gasteiger partial charge is 0.200 e. The molecule has 0 saturated heterocycles. The molecule has 0 rings (SSSR count). The molecule has 0 aliphatic carbocycles. The summed E-state index contributed by atoms with van der Waals surface area (Å²) in [6.07, 6.45) is 2.08. The van der Waals surface area contributed by atoms with E-state index in [4.69, 9.17) is 4.74 Å². The first-order valence-electron chi connectivity index (χ1n) is 5.37. The third-order valence-corrected chi connectivity index (χ3v) is 3.44. The number of hydrogen-bond acceptors (Lipinski definition) is 2. The van der Waals surface area contributed by atoms with Crippen LogP contribution in [0.15, 0.2) is 4.40 Å². The standard InChI is InChI=1S/C11H23NO2S/c1-7-8-9(2)10(14-6)12-15(13)11(3,4)5/h9H,7-8H2,1-6H3/b12-10-/t9-,15-/m1/s1. The first-order chi connectivity index (χ1) is 6.82. The Hall–Kier alpha value is -0.380. The van der Waals surface area contributed by atoms with E-state index in [-0.39, 0.29) is 10.7 Å². The molecular weight excluding hydrogens is 210 g/mol. The van der Waals surface area contributed by atoms with Crippen LogP contribution >= 0.6 is 0 Å². The zero-order chi connectivity index (χ0) is 12.1. The van der Waals surface area contributed by atoms with E-state index in [2.05, 4.69) is 11.3 Å². The number of nitrogens with zero attached hydrogens (tertiary/aromatic N) is 1. The molecule has 0 N–H and O–H groups in total. The highest BCUT2D eigenvalue weighted by Crippen LogP contribution is 2.15. The van der Waals surface area contributed by atoms with Gasteiger partial charge in [-0.2, -0.15) is 4.40 Å². The molecule has 3 nitrogen and oxygen atoms in total. The van der Waals surface area contributed by atoms with Crippen LogP contribution in [0.5, 0.6) is 0 Å². The van der Waals surface area contributed by atoms with Crippen molar-refractivity contribution in [2.24, 2.45) is 10.3 Å². The SMILES string of the molecule is CCC[C@@H](C)/C(=N/[S@](=O)C(C)(C)C)OC. The number of methoxy groups -OCH3 is 1. The lowest BCUT2D eigenvalue weighted by Crippen LogP contribution is -2.23. The number of ether oxygens (including phenoxy) is 1. The lowest BCUT2D eigenvalue weighted by Gasteiger charge is -2.17. The van der Waals surface area contributed by atoms with Crippen LogP contribution in [0.3, 0.4) is 0 Å². The van der Waals surface area contributed by atoms with Crippen molar-refractivity contribution in [1.82, 2.24) is 0 Å². The highest BCUT2D eigenvalue weighted by molar-refractivity contribution is 7.85. The number of rotatable bonds is 4. The van der Waals surface area contributed by atoms with E-state index in [0.29, 0.717) is 5.90 Å². The third kappa shape index (κ3) is 5.30. The van der Waals surface area contributed by atoms with Crippen LogP contribution in [-0.2, 0) is 15.7 Å². The molecule has 2 atom stereocenters. The lowest BCUT2D eigenvalue weighted by molar-refractivity contribution is 0.366. The van der Waals surface area contributed by atoms with Gasteiger partial charge < -0.3 is 4.74 Å². The molecule has 0 spiro atoms. The summed E-state index contributed by atoms with van der Waals surface area (Å²) >= 11 is 0. The predicted octanol–water partition coefficient (Wildman–Crippen LogP) is 2.93. The summed E-state index contributed by atoms with van der Waals surface area (Å²) in [6, 6.07) is 0. The first-order valence-corrected chi connectivity index (χ1v) is 6.48. The summed E-state index contributed by atoms with van der Waals surface area (Å²) in [6.45, 7) is 9.88. The maximum Gasteiger partial charge on any atom is 0.200 e. The van der Waals surface area contributed by atoms with Gasteiger partial charge in [0, 0.05) is 5.92 Å². The second-order valence-electron chi connectivity index (χ2n) is 4.68. The Bertz CT molecular complexity index is 243. The van der Waals surface area contributed by atoms with Crippen molar-refractivity contribution in [3.63, 3.8) is 0 Å². The van der Waals surface area contributed by atoms with Gasteiger partial charge in [0.1, 0.15) is 11.0 Å². The largest absolute Gasteiger partial charge is 0.483 e. The fourth-order valence-corrected chi connectivity index (χ4v) is 1.80. The van der Waals surface area contributed by atoms with Gasteiger partial charge >= 0.3 is 0 Å². The normalized spacial score (nSPS) is 17.3. The van der Waals surface area contributed by atoms with E-state index in [1.807, 2.05) is 27.7 Å². The Labute approximate surface area is 95.9 Å². The van der Waals surface area contributed by atoms with Gasteiger partial charge in [-0.1, -0.05) is 20.3 Å². The van der Waals surface area contributed by atoms with Crippen molar-refractivity contribution in [3.05, 3.63) is 0 Å². The van der Waals surface area contributed by atoms with Crippen molar-refractivity contribution in [2.45, 2.75) is 52.2 Å². The second kappa shape index (κ2) is 6.26. The molecule has 90 valence electrons. The molecule has 0 aromatic carbocycles. The molecule has 4 heteroatoms. The van der Waals surface area contributed by atoms with Gasteiger partial charge in [0.15, 0.2) is 5.90 Å². The van der Waals surface area contributed by atoms with Crippen LogP contribution in [0.4, 0.5) is 0 Å². The maximum atomic E-state index is 11.8. The van der Waals surface area contributed by atoms with Gasteiger partial charge in [0.2, 0.25) is 0 Å². The van der Waals surface area contributed by atoms with Crippen LogP contribution in [0.1, 0.15) is 47.5 Å². The summed E-state index contributed by atoms with van der Waals surface area (Å²) in [5.74, 6) is 0.844. The molecule has 0 heterocycles. The minimum atomic E-state index is -1.23. The summed E-state index contributed by atoms with van der Waals surface area (Å²) in [5, 5.41) is 0. The van der Waals surface area contributed by atoms with Gasteiger partial charge in [-0.05, 0) is 27.2 Å². The Morgan fingerprint density at radius 3 is 2.33 bits per heavy atom. The van der Waals surface area contributed by atoms with E-state index in [1.54, 1.807) is 7.11 Å². The molecule has 0 unspecified atom stereocenters. The lowest BCUT2D eigenvalue weighted by atomic mass is 10.1. The van der Waals surface area contributed by atoms with Crippen LogP contribution in [0.2, 0.25) is 0 Å². The van der Waals surface area contributed by atoms with Gasteiger partial charge in [-0.3, -0.25) is 0 Å². The fourth-order valence-electron chi connectivity index (χ4n) is 1.10. The van der Waals surface area contributed by atoms with Crippen LogP contribution in [0.25, 0.3) is 0 Å². The molecule has 0 saturated carbocycles. The van der Waals surface area contributed by atoms with Crippen molar-refractivity contribution in [1.29, 1.82) is 0 Å². The zero-order valence-electron chi connectivity index (χ0n) is 10.7. The summed E-state index contributed by atoms with van der Waals surface area (Å²) in [4.78, 5) is 0. The molecule has 0 radical (unpaired) electrons. The maximum absolute atomic E-state index is 11.8.